The second-order valence-corrected chi connectivity index (χ2v) is 8.22. The first kappa shape index (κ1) is 26.8. The molecule has 2 atom stereocenters. The van der Waals surface area contributed by atoms with Crippen molar-refractivity contribution in [2.45, 2.75) is 19.0 Å². The SMILES string of the molecule is CCOC(=O)[C@](F)(C(=O)c1cccc(OC)c1)[C@H](CC(=O)c1ccc(Cl)cc1)C(=O)N1CCOC1=O. The first-order valence-corrected chi connectivity index (χ1v) is 11.3. The minimum absolute atomic E-state index is 0.0567. The number of cyclic esters (lactones) is 1. The standard InChI is InChI=1S/C25H23ClFNO8/c1-3-35-23(32)25(27,21(30)16-5-4-6-18(13-16)34-2)19(22(31)28-11-12-36-24(28)33)14-20(29)15-7-9-17(26)10-8-15/h4-10,13,19H,3,11-12,14H2,1-2H3/t19-,25-/m1/s1. The molecule has 2 aromatic rings. The van der Waals surface area contributed by atoms with E-state index in [4.69, 9.17) is 25.8 Å². The molecule has 190 valence electrons. The summed E-state index contributed by atoms with van der Waals surface area (Å²) in [5, 5.41) is 0.332. The van der Waals surface area contributed by atoms with Crippen LogP contribution in [0.4, 0.5) is 9.18 Å². The van der Waals surface area contributed by atoms with Gasteiger partial charge in [-0.25, -0.2) is 18.9 Å². The Morgan fingerprint density at radius 1 is 1.14 bits per heavy atom. The highest BCUT2D eigenvalue weighted by atomic mass is 35.5. The van der Waals surface area contributed by atoms with Crippen molar-refractivity contribution in [2.75, 3.05) is 26.9 Å². The minimum atomic E-state index is -3.65. The molecule has 1 heterocycles. The topological polar surface area (TPSA) is 116 Å². The van der Waals surface area contributed by atoms with Crippen molar-refractivity contribution < 1.29 is 42.6 Å². The smallest absolute Gasteiger partial charge is 0.416 e. The molecule has 9 nitrogen and oxygen atoms in total. The van der Waals surface area contributed by atoms with Gasteiger partial charge in [-0.3, -0.25) is 14.4 Å². The van der Waals surface area contributed by atoms with Gasteiger partial charge in [0.15, 0.2) is 5.78 Å². The summed E-state index contributed by atoms with van der Waals surface area (Å²) in [5.74, 6) is -7.14. The lowest BCUT2D eigenvalue weighted by Gasteiger charge is -2.31. The number of nitrogens with zero attached hydrogens (tertiary/aromatic N) is 1. The van der Waals surface area contributed by atoms with Crippen LogP contribution in [-0.4, -0.2) is 67.0 Å². The Morgan fingerprint density at radius 2 is 1.83 bits per heavy atom. The quantitative estimate of drug-likeness (QED) is 0.265. The molecular formula is C25H23ClFNO8. The largest absolute Gasteiger partial charge is 0.497 e. The number of ketones is 2. The molecule has 3 rings (SSSR count). The number of Topliss-reactive ketones (excluding diaryl/α,β-unsaturated/α-hetero) is 2. The number of esters is 1. The van der Waals surface area contributed by atoms with Crippen molar-refractivity contribution in [2.24, 2.45) is 5.92 Å². The Balaban J connectivity index is 2.13. The number of benzene rings is 2. The average Bonchev–Trinajstić information content (AvgIpc) is 3.32. The molecule has 0 N–H and O–H groups in total. The molecule has 1 saturated heterocycles. The van der Waals surface area contributed by atoms with Crippen LogP contribution in [0.3, 0.4) is 0 Å². The molecule has 0 aromatic heterocycles. The van der Waals surface area contributed by atoms with Gasteiger partial charge in [-0.1, -0.05) is 23.7 Å². The van der Waals surface area contributed by atoms with Gasteiger partial charge >= 0.3 is 12.1 Å². The van der Waals surface area contributed by atoms with Gasteiger partial charge in [-0.05, 0) is 43.3 Å². The zero-order chi connectivity index (χ0) is 26.5. The van der Waals surface area contributed by atoms with E-state index in [0.29, 0.717) is 9.92 Å². The van der Waals surface area contributed by atoms with Crippen molar-refractivity contribution in [1.82, 2.24) is 4.90 Å². The molecule has 2 aromatic carbocycles. The third kappa shape index (κ3) is 5.38. The number of carbonyl (C=O) groups is 5. The lowest BCUT2D eigenvalue weighted by molar-refractivity contribution is -0.161. The summed E-state index contributed by atoms with van der Waals surface area (Å²) in [6.07, 6.45) is -2.00. The maximum absolute atomic E-state index is 16.9. The Kier molecular flexibility index (Phi) is 8.41. The van der Waals surface area contributed by atoms with E-state index in [1.54, 1.807) is 0 Å². The van der Waals surface area contributed by atoms with E-state index in [2.05, 4.69) is 0 Å². The molecule has 0 aliphatic carbocycles. The van der Waals surface area contributed by atoms with E-state index >= 15 is 4.39 Å². The summed E-state index contributed by atoms with van der Waals surface area (Å²) >= 11 is 5.86. The average molecular weight is 520 g/mol. The van der Waals surface area contributed by atoms with Crippen LogP contribution >= 0.6 is 11.6 Å². The third-order valence-corrected chi connectivity index (χ3v) is 5.85. The molecule has 11 heteroatoms. The first-order valence-electron chi connectivity index (χ1n) is 10.9. The first-order chi connectivity index (χ1) is 17.1. The lowest BCUT2D eigenvalue weighted by Crippen LogP contribution is -2.56. The number of hydrogen-bond donors (Lipinski definition) is 0. The van der Waals surface area contributed by atoms with Crippen LogP contribution < -0.4 is 4.74 Å². The van der Waals surface area contributed by atoms with Gasteiger partial charge in [0.25, 0.3) is 5.67 Å². The molecule has 2 amide bonds. The van der Waals surface area contributed by atoms with Crippen LogP contribution in [0.25, 0.3) is 0 Å². The number of methoxy groups -OCH3 is 1. The molecule has 0 saturated carbocycles. The van der Waals surface area contributed by atoms with Gasteiger partial charge < -0.3 is 14.2 Å². The fraction of sp³-hybridized carbons (Fsp3) is 0.320. The van der Waals surface area contributed by atoms with Gasteiger partial charge in [0, 0.05) is 22.6 Å². The van der Waals surface area contributed by atoms with Gasteiger partial charge in [-0.15, -0.1) is 0 Å². The molecule has 36 heavy (non-hydrogen) atoms. The minimum Gasteiger partial charge on any atom is -0.497 e. The molecule has 0 bridgehead atoms. The van der Waals surface area contributed by atoms with E-state index in [9.17, 15) is 24.0 Å². The van der Waals surface area contributed by atoms with Gasteiger partial charge in [-0.2, -0.15) is 0 Å². The van der Waals surface area contributed by atoms with Crippen molar-refractivity contribution in [1.29, 1.82) is 0 Å². The number of rotatable bonds is 10. The summed E-state index contributed by atoms with van der Waals surface area (Å²) in [6, 6.07) is 10.8. The summed E-state index contributed by atoms with van der Waals surface area (Å²) < 4.78 is 31.6. The summed E-state index contributed by atoms with van der Waals surface area (Å²) in [4.78, 5) is 65.6. The van der Waals surface area contributed by atoms with E-state index in [-0.39, 0.29) is 36.6 Å². The predicted octanol–water partition coefficient (Wildman–Crippen LogP) is 3.67. The van der Waals surface area contributed by atoms with Crippen LogP contribution in [0.5, 0.6) is 5.75 Å². The van der Waals surface area contributed by atoms with Crippen LogP contribution in [0.2, 0.25) is 5.02 Å². The van der Waals surface area contributed by atoms with Crippen molar-refractivity contribution in [3.63, 3.8) is 0 Å². The van der Waals surface area contributed by atoms with Crippen LogP contribution in [-0.2, 0) is 19.1 Å². The molecule has 1 aliphatic heterocycles. The van der Waals surface area contributed by atoms with E-state index in [1.807, 2.05) is 0 Å². The van der Waals surface area contributed by atoms with Crippen LogP contribution in [0.15, 0.2) is 48.5 Å². The van der Waals surface area contributed by atoms with E-state index in [1.165, 1.54) is 62.6 Å². The fourth-order valence-electron chi connectivity index (χ4n) is 3.72. The second kappa shape index (κ2) is 11.3. The summed E-state index contributed by atoms with van der Waals surface area (Å²) in [7, 11) is 1.33. The maximum Gasteiger partial charge on any atom is 0.416 e. The highest BCUT2D eigenvalue weighted by molar-refractivity contribution is 6.30. The highest BCUT2D eigenvalue weighted by Gasteiger charge is 2.59. The Labute approximate surface area is 211 Å². The Morgan fingerprint density at radius 3 is 2.42 bits per heavy atom. The number of hydrogen-bond acceptors (Lipinski definition) is 8. The highest BCUT2D eigenvalue weighted by Crippen LogP contribution is 2.35. The summed E-state index contributed by atoms with van der Waals surface area (Å²) in [6.45, 7) is 0.677. The van der Waals surface area contributed by atoms with Crippen LogP contribution in [0, 0.1) is 5.92 Å². The number of halogens is 2. The lowest BCUT2D eigenvalue weighted by atomic mass is 9.78. The molecule has 0 unspecified atom stereocenters. The van der Waals surface area contributed by atoms with Gasteiger partial charge in [0.05, 0.1) is 26.2 Å². The fourth-order valence-corrected chi connectivity index (χ4v) is 3.85. The molecule has 0 radical (unpaired) electrons. The number of ether oxygens (including phenoxy) is 3. The Bertz CT molecular complexity index is 1180. The molecule has 1 fully saturated rings. The number of imide groups is 1. The summed E-state index contributed by atoms with van der Waals surface area (Å²) in [5.41, 5.74) is -3.89. The second-order valence-electron chi connectivity index (χ2n) is 7.78. The third-order valence-electron chi connectivity index (χ3n) is 5.60. The zero-order valence-electron chi connectivity index (χ0n) is 19.5. The zero-order valence-corrected chi connectivity index (χ0v) is 20.2. The van der Waals surface area contributed by atoms with Crippen LogP contribution in [0.1, 0.15) is 34.1 Å². The van der Waals surface area contributed by atoms with Gasteiger partial charge in [0.2, 0.25) is 11.7 Å². The predicted molar refractivity (Wildman–Crippen MR) is 125 cm³/mol. The molecule has 1 aliphatic rings. The van der Waals surface area contributed by atoms with Crippen molar-refractivity contribution in [3.8, 4) is 5.75 Å². The maximum atomic E-state index is 16.9. The van der Waals surface area contributed by atoms with E-state index < -0.39 is 47.5 Å². The van der Waals surface area contributed by atoms with Crippen molar-refractivity contribution in [3.05, 3.63) is 64.7 Å². The van der Waals surface area contributed by atoms with Crippen molar-refractivity contribution >= 4 is 41.1 Å². The number of alkyl halides is 1. The monoisotopic (exact) mass is 519 g/mol. The molecular weight excluding hydrogens is 497 g/mol. The number of amides is 2. The normalized spacial score (nSPS) is 15.4. The van der Waals surface area contributed by atoms with Gasteiger partial charge in [0.1, 0.15) is 12.4 Å². The molecule has 0 spiro atoms. The van der Waals surface area contributed by atoms with E-state index in [0.717, 1.165) is 0 Å². The number of carbonyl (C=O) groups excluding carboxylic acids is 5. The Hall–Kier alpha value is -3.79.